The van der Waals surface area contributed by atoms with Gasteiger partial charge in [0.2, 0.25) is 5.91 Å². The molecule has 0 unspecified atom stereocenters. The fourth-order valence-corrected chi connectivity index (χ4v) is 3.00. The van der Waals surface area contributed by atoms with Gasteiger partial charge in [0.15, 0.2) is 0 Å². The van der Waals surface area contributed by atoms with E-state index in [1.54, 1.807) is 0 Å². The summed E-state index contributed by atoms with van der Waals surface area (Å²) < 4.78 is 39.3. The van der Waals surface area contributed by atoms with Crippen molar-refractivity contribution in [1.29, 1.82) is 0 Å². The minimum Gasteiger partial charge on any atom is -0.350 e. The Labute approximate surface area is 147 Å². The van der Waals surface area contributed by atoms with Gasteiger partial charge in [-0.05, 0) is 49.4 Å². The average molecular weight is 365 g/mol. The fraction of sp³-hybridized carbons (Fsp3) is 0.389. The van der Waals surface area contributed by atoms with E-state index < -0.39 is 23.7 Å². The van der Waals surface area contributed by atoms with E-state index in [1.807, 2.05) is 0 Å². The molecule has 0 fully saturated rings. The molecular formula is C18H18F3N3O2. The lowest BCUT2D eigenvalue weighted by Crippen LogP contribution is -2.37. The maximum Gasteiger partial charge on any atom is 0.416 e. The number of hydrogen-bond acceptors (Lipinski definition) is 3. The zero-order valence-corrected chi connectivity index (χ0v) is 14.1. The number of carbonyl (C=O) groups is 1. The largest absolute Gasteiger partial charge is 0.416 e. The molecule has 26 heavy (non-hydrogen) atoms. The SMILES string of the molecule is C[C@H](C(=O)NCc1cccc(C(F)(F)F)c1)n1nc2c(cc1=O)CCC2. The highest BCUT2D eigenvalue weighted by Gasteiger charge is 2.30. The Morgan fingerprint density at radius 2 is 2.08 bits per heavy atom. The van der Waals surface area contributed by atoms with Crippen molar-refractivity contribution in [2.45, 2.75) is 44.9 Å². The van der Waals surface area contributed by atoms with Crippen LogP contribution in [0.15, 0.2) is 35.1 Å². The van der Waals surface area contributed by atoms with Gasteiger partial charge < -0.3 is 5.32 Å². The van der Waals surface area contributed by atoms with Gasteiger partial charge in [-0.1, -0.05) is 12.1 Å². The molecule has 138 valence electrons. The normalized spacial score (nSPS) is 14.8. The fourth-order valence-electron chi connectivity index (χ4n) is 3.00. The quantitative estimate of drug-likeness (QED) is 0.906. The van der Waals surface area contributed by atoms with E-state index in [1.165, 1.54) is 25.1 Å². The Bertz CT molecular complexity index is 890. The maximum atomic E-state index is 12.7. The van der Waals surface area contributed by atoms with Gasteiger partial charge in [-0.15, -0.1) is 0 Å². The number of nitrogens with one attached hydrogen (secondary N) is 1. The van der Waals surface area contributed by atoms with Crippen LogP contribution in [0.1, 0.15) is 41.8 Å². The summed E-state index contributed by atoms with van der Waals surface area (Å²) >= 11 is 0. The molecule has 1 aromatic carbocycles. The molecule has 5 nitrogen and oxygen atoms in total. The molecule has 8 heteroatoms. The molecule has 1 aromatic heterocycles. The predicted molar refractivity (Wildman–Crippen MR) is 88.5 cm³/mol. The van der Waals surface area contributed by atoms with E-state index >= 15 is 0 Å². The molecule has 1 N–H and O–H groups in total. The highest BCUT2D eigenvalue weighted by Crippen LogP contribution is 2.29. The lowest BCUT2D eigenvalue weighted by molar-refractivity contribution is -0.137. The van der Waals surface area contributed by atoms with Crippen LogP contribution in [0.4, 0.5) is 13.2 Å². The first-order valence-corrected chi connectivity index (χ1v) is 8.31. The van der Waals surface area contributed by atoms with Crippen LogP contribution in [0.5, 0.6) is 0 Å². The Morgan fingerprint density at radius 1 is 1.31 bits per heavy atom. The standard InChI is InChI=1S/C18H18F3N3O2/c1-11(24-16(25)9-13-5-3-7-15(13)23-24)17(26)22-10-12-4-2-6-14(8-12)18(19,20)21/h2,4,6,8-9,11H,3,5,7,10H2,1H3,(H,22,26)/t11-/m1/s1. The van der Waals surface area contributed by atoms with Gasteiger partial charge >= 0.3 is 6.18 Å². The van der Waals surface area contributed by atoms with Crippen LogP contribution < -0.4 is 10.9 Å². The minimum absolute atomic E-state index is 0.0627. The molecule has 1 atom stereocenters. The van der Waals surface area contributed by atoms with Crippen LogP contribution in [-0.2, 0) is 30.4 Å². The monoisotopic (exact) mass is 365 g/mol. The van der Waals surface area contributed by atoms with Crippen molar-refractivity contribution in [1.82, 2.24) is 15.1 Å². The Morgan fingerprint density at radius 3 is 2.81 bits per heavy atom. The van der Waals surface area contributed by atoms with E-state index in [4.69, 9.17) is 0 Å². The summed E-state index contributed by atoms with van der Waals surface area (Å²) in [6.45, 7) is 1.48. The van der Waals surface area contributed by atoms with E-state index in [-0.39, 0.29) is 12.1 Å². The minimum atomic E-state index is -4.44. The zero-order chi connectivity index (χ0) is 18.9. The summed E-state index contributed by atoms with van der Waals surface area (Å²) in [4.78, 5) is 24.5. The third kappa shape index (κ3) is 3.79. The van der Waals surface area contributed by atoms with Crippen LogP contribution in [0.3, 0.4) is 0 Å². The molecular weight excluding hydrogens is 347 g/mol. The van der Waals surface area contributed by atoms with Crippen molar-refractivity contribution in [2.24, 2.45) is 0 Å². The molecule has 0 bridgehead atoms. The average Bonchev–Trinajstić information content (AvgIpc) is 3.05. The summed E-state index contributed by atoms with van der Waals surface area (Å²) in [6.07, 6.45) is -1.92. The topological polar surface area (TPSA) is 64.0 Å². The molecule has 0 saturated heterocycles. The number of halogens is 3. The molecule has 1 amide bonds. The molecule has 0 spiro atoms. The zero-order valence-electron chi connectivity index (χ0n) is 14.1. The molecule has 3 rings (SSSR count). The molecule has 1 heterocycles. The Kier molecular flexibility index (Phi) is 4.84. The second kappa shape index (κ2) is 6.93. The van der Waals surface area contributed by atoms with E-state index in [9.17, 15) is 22.8 Å². The summed E-state index contributed by atoms with van der Waals surface area (Å²) in [6, 6.07) is 5.41. The maximum absolute atomic E-state index is 12.7. The first kappa shape index (κ1) is 18.2. The molecule has 1 aliphatic rings. The van der Waals surface area contributed by atoms with Gasteiger partial charge in [0.1, 0.15) is 6.04 Å². The summed E-state index contributed by atoms with van der Waals surface area (Å²) in [5, 5.41) is 6.83. The van der Waals surface area contributed by atoms with Crippen molar-refractivity contribution < 1.29 is 18.0 Å². The Balaban J connectivity index is 1.70. The lowest BCUT2D eigenvalue weighted by atomic mass is 10.1. The van der Waals surface area contributed by atoms with Gasteiger partial charge in [0.05, 0.1) is 11.3 Å². The summed E-state index contributed by atoms with van der Waals surface area (Å²) in [5.74, 6) is -0.477. The molecule has 0 radical (unpaired) electrons. The van der Waals surface area contributed by atoms with Crippen molar-refractivity contribution in [3.63, 3.8) is 0 Å². The van der Waals surface area contributed by atoms with Crippen LogP contribution in [-0.4, -0.2) is 15.7 Å². The predicted octanol–water partition coefficient (Wildman–Crippen LogP) is 2.63. The number of amides is 1. The van der Waals surface area contributed by atoms with Crippen molar-refractivity contribution in [2.75, 3.05) is 0 Å². The van der Waals surface area contributed by atoms with Gasteiger partial charge in [-0.2, -0.15) is 18.3 Å². The van der Waals surface area contributed by atoms with Crippen molar-refractivity contribution in [3.05, 3.63) is 63.1 Å². The van der Waals surface area contributed by atoms with E-state index in [2.05, 4.69) is 10.4 Å². The van der Waals surface area contributed by atoms with Crippen molar-refractivity contribution >= 4 is 5.91 Å². The summed E-state index contributed by atoms with van der Waals surface area (Å²) in [7, 11) is 0. The number of fused-ring (bicyclic) bond motifs is 1. The van der Waals surface area contributed by atoms with Gasteiger partial charge in [-0.25, -0.2) is 4.68 Å². The van der Waals surface area contributed by atoms with Crippen LogP contribution in [0.2, 0.25) is 0 Å². The van der Waals surface area contributed by atoms with Crippen LogP contribution in [0, 0.1) is 0 Å². The second-order valence-electron chi connectivity index (χ2n) is 6.34. The smallest absolute Gasteiger partial charge is 0.350 e. The number of aryl methyl sites for hydroxylation is 2. The van der Waals surface area contributed by atoms with Gasteiger partial charge in [-0.3, -0.25) is 9.59 Å². The number of carbonyl (C=O) groups excluding carboxylic acids is 1. The highest BCUT2D eigenvalue weighted by molar-refractivity contribution is 5.79. The molecule has 2 aromatic rings. The van der Waals surface area contributed by atoms with Crippen LogP contribution in [0.25, 0.3) is 0 Å². The highest BCUT2D eigenvalue weighted by atomic mass is 19.4. The Hall–Kier alpha value is -2.64. The second-order valence-corrected chi connectivity index (χ2v) is 6.34. The number of benzene rings is 1. The van der Waals surface area contributed by atoms with Gasteiger partial charge in [0, 0.05) is 12.6 Å². The summed E-state index contributed by atoms with van der Waals surface area (Å²) in [5.41, 5.74) is 0.945. The van der Waals surface area contributed by atoms with E-state index in [0.717, 1.165) is 47.3 Å². The molecule has 1 aliphatic carbocycles. The third-order valence-electron chi connectivity index (χ3n) is 4.45. The molecule has 0 saturated carbocycles. The number of rotatable bonds is 4. The number of hydrogen-bond donors (Lipinski definition) is 1. The number of nitrogens with zero attached hydrogens (tertiary/aromatic N) is 2. The van der Waals surface area contributed by atoms with Crippen molar-refractivity contribution in [3.8, 4) is 0 Å². The third-order valence-corrected chi connectivity index (χ3v) is 4.45. The molecule has 0 aliphatic heterocycles. The first-order valence-electron chi connectivity index (χ1n) is 8.31. The van der Waals surface area contributed by atoms with E-state index in [0.29, 0.717) is 5.56 Å². The van der Waals surface area contributed by atoms with Crippen LogP contribution >= 0.6 is 0 Å². The first-order chi connectivity index (χ1) is 12.3. The van der Waals surface area contributed by atoms with Gasteiger partial charge in [0.25, 0.3) is 5.56 Å². The lowest BCUT2D eigenvalue weighted by Gasteiger charge is -2.15. The number of aromatic nitrogens is 2. The number of alkyl halides is 3.